The maximum Gasteiger partial charge on any atom is 0.246 e. The van der Waals surface area contributed by atoms with Crippen molar-refractivity contribution in [2.75, 3.05) is 18.4 Å². The van der Waals surface area contributed by atoms with Gasteiger partial charge in [0.25, 0.3) is 0 Å². The number of nitrogens with zero attached hydrogens (tertiary/aromatic N) is 5. The molecule has 2 aromatic rings. The lowest BCUT2D eigenvalue weighted by Crippen LogP contribution is -2.28. The first-order valence-corrected chi connectivity index (χ1v) is 9.77. The van der Waals surface area contributed by atoms with Gasteiger partial charge in [0.15, 0.2) is 0 Å². The number of amides is 2. The average Bonchev–Trinajstić information content (AvgIpc) is 3.41. The number of hydrogen-bond acceptors (Lipinski definition) is 5. The molecule has 2 aromatic heterocycles. The largest absolute Gasteiger partial charge is 0.339 e. The van der Waals surface area contributed by atoms with Crippen LogP contribution in [0.15, 0.2) is 30.7 Å². The van der Waals surface area contributed by atoms with Gasteiger partial charge in [0.1, 0.15) is 5.82 Å². The summed E-state index contributed by atoms with van der Waals surface area (Å²) in [6.45, 7) is 1.61. The summed E-state index contributed by atoms with van der Waals surface area (Å²) in [5.41, 5.74) is 1.90. The van der Waals surface area contributed by atoms with Gasteiger partial charge in [0.2, 0.25) is 11.8 Å². The summed E-state index contributed by atoms with van der Waals surface area (Å²) in [7, 11) is 0. The predicted molar refractivity (Wildman–Crippen MR) is 102 cm³/mol. The van der Waals surface area contributed by atoms with Gasteiger partial charge in [-0.05, 0) is 54.4 Å². The SMILES string of the molecule is O=C1CCc2cc(C=CC(=O)N3CC4CC(n5nccn5)CC4C3)cnc2N1. The number of aromatic nitrogens is 4. The number of anilines is 1. The molecule has 4 heterocycles. The number of carbonyl (C=O) groups is 2. The van der Waals surface area contributed by atoms with Crippen molar-refractivity contribution in [1.82, 2.24) is 24.9 Å². The van der Waals surface area contributed by atoms with Gasteiger partial charge in [0, 0.05) is 31.8 Å². The number of fused-ring (bicyclic) bond motifs is 2. The van der Waals surface area contributed by atoms with Crippen LogP contribution in [0.5, 0.6) is 0 Å². The van der Waals surface area contributed by atoms with Crippen LogP contribution in [0.4, 0.5) is 5.82 Å². The molecule has 144 valence electrons. The Bertz CT molecular complexity index is 924. The number of carbonyl (C=O) groups excluding carboxylic acids is 2. The van der Waals surface area contributed by atoms with Crippen LogP contribution < -0.4 is 5.32 Å². The molecule has 1 saturated carbocycles. The maximum atomic E-state index is 12.6. The Morgan fingerprint density at radius 2 is 1.89 bits per heavy atom. The first-order valence-electron chi connectivity index (χ1n) is 9.77. The highest BCUT2D eigenvalue weighted by molar-refractivity contribution is 5.94. The van der Waals surface area contributed by atoms with Crippen molar-refractivity contribution in [1.29, 1.82) is 0 Å². The highest BCUT2D eigenvalue weighted by Crippen LogP contribution is 2.43. The number of rotatable bonds is 3. The number of aryl methyl sites for hydroxylation is 1. The Morgan fingerprint density at radius 3 is 2.64 bits per heavy atom. The van der Waals surface area contributed by atoms with Crippen LogP contribution in [0.1, 0.15) is 36.4 Å². The first kappa shape index (κ1) is 17.1. The Hall–Kier alpha value is -3.03. The Kier molecular flexibility index (Phi) is 4.18. The van der Waals surface area contributed by atoms with E-state index in [-0.39, 0.29) is 11.8 Å². The Balaban J connectivity index is 1.20. The van der Waals surface area contributed by atoms with E-state index in [0.717, 1.165) is 37.1 Å². The molecule has 3 aliphatic rings. The second-order valence-electron chi connectivity index (χ2n) is 7.90. The Morgan fingerprint density at radius 1 is 1.14 bits per heavy atom. The zero-order valence-corrected chi connectivity index (χ0v) is 15.5. The van der Waals surface area contributed by atoms with Crippen molar-refractivity contribution in [3.05, 3.63) is 41.9 Å². The number of nitrogens with one attached hydrogen (secondary N) is 1. The molecule has 2 amide bonds. The zero-order valence-electron chi connectivity index (χ0n) is 15.5. The number of pyridine rings is 1. The average molecular weight is 378 g/mol. The summed E-state index contributed by atoms with van der Waals surface area (Å²) in [6.07, 6.45) is 11.8. The molecular weight excluding hydrogens is 356 g/mol. The second-order valence-corrected chi connectivity index (χ2v) is 7.90. The smallest absolute Gasteiger partial charge is 0.246 e. The highest BCUT2D eigenvalue weighted by Gasteiger charge is 2.43. The zero-order chi connectivity index (χ0) is 19.1. The molecule has 0 radical (unpaired) electrons. The van der Waals surface area contributed by atoms with Gasteiger partial charge in [-0.25, -0.2) is 4.98 Å². The quantitative estimate of drug-likeness (QED) is 0.821. The van der Waals surface area contributed by atoms with E-state index in [9.17, 15) is 9.59 Å². The predicted octanol–water partition coefficient (Wildman–Crippen LogP) is 1.68. The van der Waals surface area contributed by atoms with Crippen molar-refractivity contribution in [3.63, 3.8) is 0 Å². The van der Waals surface area contributed by atoms with Crippen molar-refractivity contribution >= 4 is 23.7 Å². The van der Waals surface area contributed by atoms with Crippen LogP contribution in [0, 0.1) is 11.8 Å². The van der Waals surface area contributed by atoms with E-state index >= 15 is 0 Å². The molecule has 5 rings (SSSR count). The summed E-state index contributed by atoms with van der Waals surface area (Å²) >= 11 is 0. The lowest BCUT2D eigenvalue weighted by Gasteiger charge is -2.17. The fourth-order valence-electron chi connectivity index (χ4n) is 4.69. The molecule has 2 atom stereocenters. The lowest BCUT2D eigenvalue weighted by atomic mass is 10.0. The van der Waals surface area contributed by atoms with Gasteiger partial charge >= 0.3 is 0 Å². The lowest BCUT2D eigenvalue weighted by molar-refractivity contribution is -0.125. The van der Waals surface area contributed by atoms with E-state index in [4.69, 9.17) is 0 Å². The molecule has 8 nitrogen and oxygen atoms in total. The minimum atomic E-state index is 0.00336. The summed E-state index contributed by atoms with van der Waals surface area (Å²) in [5, 5.41) is 11.3. The monoisotopic (exact) mass is 378 g/mol. The van der Waals surface area contributed by atoms with Crippen LogP contribution in [-0.2, 0) is 16.0 Å². The molecule has 2 aliphatic heterocycles. The standard InChI is InChI=1S/C20H22N6O2/c27-18-3-2-14-7-13(10-21-20(14)24-18)1-4-19(28)25-11-15-8-17(9-16(15)12-25)26-22-5-6-23-26/h1,4-7,10,15-17H,2-3,8-9,11-12H2,(H,21,24,27). The maximum absolute atomic E-state index is 12.6. The van der Waals surface area contributed by atoms with Crippen LogP contribution in [0.3, 0.4) is 0 Å². The third-order valence-corrected chi connectivity index (χ3v) is 6.09. The normalized spacial score (nSPS) is 26.4. The van der Waals surface area contributed by atoms with Gasteiger partial charge in [0.05, 0.1) is 18.4 Å². The molecule has 0 spiro atoms. The van der Waals surface area contributed by atoms with E-state index in [1.165, 1.54) is 0 Å². The van der Waals surface area contributed by atoms with Crippen molar-refractivity contribution in [2.24, 2.45) is 11.8 Å². The van der Waals surface area contributed by atoms with E-state index in [1.807, 2.05) is 21.8 Å². The third-order valence-electron chi connectivity index (χ3n) is 6.09. The van der Waals surface area contributed by atoms with Crippen molar-refractivity contribution in [2.45, 2.75) is 31.7 Å². The highest BCUT2D eigenvalue weighted by atomic mass is 16.2. The molecule has 2 unspecified atom stereocenters. The molecule has 2 fully saturated rings. The topological polar surface area (TPSA) is 93.0 Å². The summed E-state index contributed by atoms with van der Waals surface area (Å²) in [4.78, 5) is 32.1. The molecule has 1 N–H and O–H groups in total. The minimum absolute atomic E-state index is 0.00336. The molecule has 0 aromatic carbocycles. The molecule has 8 heteroatoms. The van der Waals surface area contributed by atoms with Crippen LogP contribution in [0.25, 0.3) is 6.08 Å². The minimum Gasteiger partial charge on any atom is -0.339 e. The fourth-order valence-corrected chi connectivity index (χ4v) is 4.69. The molecular formula is C20H22N6O2. The van der Waals surface area contributed by atoms with Gasteiger partial charge < -0.3 is 10.2 Å². The fraction of sp³-hybridized carbons (Fsp3) is 0.450. The summed E-state index contributed by atoms with van der Waals surface area (Å²) < 4.78 is 0. The molecule has 28 heavy (non-hydrogen) atoms. The second kappa shape index (κ2) is 6.85. The van der Waals surface area contributed by atoms with Gasteiger partial charge in [-0.3, -0.25) is 9.59 Å². The summed E-state index contributed by atoms with van der Waals surface area (Å²) in [6, 6.07) is 2.35. The van der Waals surface area contributed by atoms with E-state index in [2.05, 4.69) is 20.5 Å². The first-order chi connectivity index (χ1) is 13.7. The molecule has 0 bridgehead atoms. The number of likely N-dealkylation sites (tertiary alicyclic amines) is 1. The summed E-state index contributed by atoms with van der Waals surface area (Å²) in [5.74, 6) is 1.75. The van der Waals surface area contributed by atoms with Gasteiger partial charge in [-0.1, -0.05) is 0 Å². The van der Waals surface area contributed by atoms with Gasteiger partial charge in [-0.2, -0.15) is 15.0 Å². The third kappa shape index (κ3) is 3.19. The molecule has 1 saturated heterocycles. The van der Waals surface area contributed by atoms with E-state index in [0.29, 0.717) is 36.5 Å². The van der Waals surface area contributed by atoms with Crippen LogP contribution in [-0.4, -0.2) is 49.8 Å². The van der Waals surface area contributed by atoms with Crippen LogP contribution >= 0.6 is 0 Å². The van der Waals surface area contributed by atoms with Crippen molar-refractivity contribution in [3.8, 4) is 0 Å². The van der Waals surface area contributed by atoms with E-state index < -0.39 is 0 Å². The van der Waals surface area contributed by atoms with E-state index in [1.54, 1.807) is 24.7 Å². The van der Waals surface area contributed by atoms with Crippen molar-refractivity contribution < 1.29 is 9.59 Å². The van der Waals surface area contributed by atoms with Gasteiger partial charge in [-0.15, -0.1) is 0 Å². The van der Waals surface area contributed by atoms with Crippen LogP contribution in [0.2, 0.25) is 0 Å². The Labute approximate surface area is 162 Å². The number of hydrogen-bond donors (Lipinski definition) is 1. The molecule has 1 aliphatic carbocycles.